The molecular weight excluding hydrogens is 278 g/mol. The smallest absolute Gasteiger partial charge is 0.348 e. The van der Waals surface area contributed by atoms with Crippen LogP contribution in [0.1, 0.15) is 25.6 Å². The SMILES string of the molecule is COc1cc(C(=O)Nc2ccsc2C(=O)O)ccc1C. The summed E-state index contributed by atoms with van der Waals surface area (Å²) in [5, 5.41) is 13.2. The zero-order valence-corrected chi connectivity index (χ0v) is 11.8. The summed E-state index contributed by atoms with van der Waals surface area (Å²) in [5.74, 6) is -0.817. The van der Waals surface area contributed by atoms with Crippen molar-refractivity contribution in [2.24, 2.45) is 0 Å². The maximum absolute atomic E-state index is 12.1. The summed E-state index contributed by atoms with van der Waals surface area (Å²) in [6, 6.07) is 6.63. The van der Waals surface area contributed by atoms with E-state index in [0.29, 0.717) is 17.0 Å². The van der Waals surface area contributed by atoms with E-state index in [1.807, 2.05) is 6.92 Å². The molecule has 0 aliphatic heterocycles. The largest absolute Gasteiger partial charge is 0.496 e. The molecule has 0 saturated carbocycles. The number of carboxylic acid groups (broad SMARTS) is 1. The number of methoxy groups -OCH3 is 1. The Labute approximate surface area is 119 Å². The minimum atomic E-state index is -1.06. The van der Waals surface area contributed by atoms with Crippen LogP contribution >= 0.6 is 11.3 Å². The van der Waals surface area contributed by atoms with E-state index in [0.717, 1.165) is 16.9 Å². The molecule has 6 heteroatoms. The number of carbonyl (C=O) groups is 2. The fraction of sp³-hybridized carbons (Fsp3) is 0.143. The van der Waals surface area contributed by atoms with Crippen molar-refractivity contribution in [1.29, 1.82) is 0 Å². The Balaban J connectivity index is 2.24. The van der Waals surface area contributed by atoms with E-state index in [9.17, 15) is 9.59 Å². The molecule has 0 spiro atoms. The molecule has 1 aromatic heterocycles. The number of hydrogen-bond acceptors (Lipinski definition) is 4. The van der Waals surface area contributed by atoms with Gasteiger partial charge >= 0.3 is 5.97 Å². The van der Waals surface area contributed by atoms with Gasteiger partial charge in [-0.25, -0.2) is 4.79 Å². The normalized spacial score (nSPS) is 10.1. The van der Waals surface area contributed by atoms with Crippen molar-refractivity contribution in [3.8, 4) is 5.75 Å². The predicted octanol–water partition coefficient (Wildman–Crippen LogP) is 3.02. The fourth-order valence-electron chi connectivity index (χ4n) is 1.73. The van der Waals surface area contributed by atoms with E-state index in [-0.39, 0.29) is 10.8 Å². The monoisotopic (exact) mass is 291 g/mol. The number of benzene rings is 1. The van der Waals surface area contributed by atoms with Crippen LogP contribution in [0.4, 0.5) is 5.69 Å². The average Bonchev–Trinajstić information content (AvgIpc) is 2.87. The van der Waals surface area contributed by atoms with Gasteiger partial charge in [-0.05, 0) is 36.1 Å². The first kappa shape index (κ1) is 14.1. The summed E-state index contributed by atoms with van der Waals surface area (Å²) in [6.45, 7) is 1.88. The van der Waals surface area contributed by atoms with Gasteiger partial charge in [-0.1, -0.05) is 6.07 Å². The van der Waals surface area contributed by atoms with Gasteiger partial charge < -0.3 is 15.2 Å². The first-order chi connectivity index (χ1) is 9.52. The molecule has 0 aliphatic rings. The second-order valence-corrected chi connectivity index (χ2v) is 5.02. The molecule has 2 rings (SSSR count). The summed E-state index contributed by atoms with van der Waals surface area (Å²) in [6.07, 6.45) is 0. The zero-order chi connectivity index (χ0) is 14.7. The van der Waals surface area contributed by atoms with Gasteiger partial charge in [0.1, 0.15) is 10.6 Å². The van der Waals surface area contributed by atoms with Crippen LogP contribution in [0.5, 0.6) is 5.75 Å². The van der Waals surface area contributed by atoms with Crippen molar-refractivity contribution < 1.29 is 19.4 Å². The molecule has 5 nitrogen and oxygen atoms in total. The number of aromatic carboxylic acids is 1. The fourth-order valence-corrected chi connectivity index (χ4v) is 2.42. The van der Waals surface area contributed by atoms with Crippen molar-refractivity contribution in [1.82, 2.24) is 0 Å². The number of hydrogen-bond donors (Lipinski definition) is 2. The Bertz CT molecular complexity index is 663. The topological polar surface area (TPSA) is 75.6 Å². The van der Waals surface area contributed by atoms with Crippen LogP contribution < -0.4 is 10.1 Å². The summed E-state index contributed by atoms with van der Waals surface area (Å²) in [4.78, 5) is 23.2. The van der Waals surface area contributed by atoms with Crippen LogP contribution in [-0.4, -0.2) is 24.1 Å². The van der Waals surface area contributed by atoms with E-state index in [1.54, 1.807) is 29.6 Å². The molecule has 2 N–H and O–H groups in total. The molecule has 0 radical (unpaired) electrons. The highest BCUT2D eigenvalue weighted by Gasteiger charge is 2.15. The Morgan fingerprint density at radius 3 is 2.70 bits per heavy atom. The van der Waals surface area contributed by atoms with Gasteiger partial charge in [0, 0.05) is 5.56 Å². The number of rotatable bonds is 4. The highest BCUT2D eigenvalue weighted by atomic mass is 32.1. The Kier molecular flexibility index (Phi) is 4.05. The Hall–Kier alpha value is -2.34. The number of ether oxygens (including phenoxy) is 1. The Morgan fingerprint density at radius 1 is 1.30 bits per heavy atom. The molecule has 1 heterocycles. The van der Waals surface area contributed by atoms with Crippen molar-refractivity contribution in [2.45, 2.75) is 6.92 Å². The molecule has 0 unspecified atom stereocenters. The minimum absolute atomic E-state index is 0.109. The van der Waals surface area contributed by atoms with E-state index >= 15 is 0 Å². The van der Waals surface area contributed by atoms with Crippen LogP contribution in [0.25, 0.3) is 0 Å². The van der Waals surface area contributed by atoms with Gasteiger partial charge in [0.05, 0.1) is 12.8 Å². The number of carbonyl (C=O) groups excluding carboxylic acids is 1. The van der Waals surface area contributed by atoms with Crippen LogP contribution in [0.2, 0.25) is 0 Å². The number of anilines is 1. The lowest BCUT2D eigenvalue weighted by Gasteiger charge is -2.08. The van der Waals surface area contributed by atoms with Crippen molar-refractivity contribution in [2.75, 3.05) is 12.4 Å². The molecule has 0 aliphatic carbocycles. The first-order valence-corrected chi connectivity index (χ1v) is 6.67. The van der Waals surface area contributed by atoms with Gasteiger partial charge in [0.25, 0.3) is 5.91 Å². The number of aryl methyl sites for hydroxylation is 1. The first-order valence-electron chi connectivity index (χ1n) is 5.79. The lowest BCUT2D eigenvalue weighted by atomic mass is 10.1. The third kappa shape index (κ3) is 2.80. The summed E-state index contributed by atoms with van der Waals surface area (Å²) < 4.78 is 5.16. The maximum Gasteiger partial charge on any atom is 0.348 e. The zero-order valence-electron chi connectivity index (χ0n) is 11.0. The molecule has 0 atom stereocenters. The summed E-state index contributed by atoms with van der Waals surface area (Å²) in [5.41, 5.74) is 1.63. The van der Waals surface area contributed by atoms with Crippen LogP contribution in [0, 0.1) is 6.92 Å². The third-order valence-electron chi connectivity index (χ3n) is 2.78. The highest BCUT2D eigenvalue weighted by molar-refractivity contribution is 7.12. The molecule has 0 saturated heterocycles. The van der Waals surface area contributed by atoms with Gasteiger partial charge in [-0.2, -0.15) is 0 Å². The second kappa shape index (κ2) is 5.75. The van der Waals surface area contributed by atoms with Gasteiger partial charge in [0.2, 0.25) is 0 Å². The van der Waals surface area contributed by atoms with E-state index in [2.05, 4.69) is 5.32 Å². The van der Waals surface area contributed by atoms with Gasteiger partial charge in [-0.3, -0.25) is 4.79 Å². The molecule has 0 fully saturated rings. The minimum Gasteiger partial charge on any atom is -0.496 e. The van der Waals surface area contributed by atoms with E-state index in [4.69, 9.17) is 9.84 Å². The van der Waals surface area contributed by atoms with Crippen LogP contribution in [-0.2, 0) is 0 Å². The maximum atomic E-state index is 12.1. The number of nitrogens with one attached hydrogen (secondary N) is 1. The lowest BCUT2D eigenvalue weighted by Crippen LogP contribution is -2.13. The highest BCUT2D eigenvalue weighted by Crippen LogP contribution is 2.24. The molecule has 1 aromatic carbocycles. The van der Waals surface area contributed by atoms with Crippen LogP contribution in [0.15, 0.2) is 29.6 Å². The predicted molar refractivity (Wildman–Crippen MR) is 77.0 cm³/mol. The van der Waals surface area contributed by atoms with Crippen molar-refractivity contribution in [3.05, 3.63) is 45.6 Å². The molecular formula is C14H13NO4S. The van der Waals surface area contributed by atoms with E-state index < -0.39 is 5.97 Å². The van der Waals surface area contributed by atoms with Gasteiger partial charge in [0.15, 0.2) is 0 Å². The lowest BCUT2D eigenvalue weighted by molar-refractivity contribution is 0.0703. The third-order valence-corrected chi connectivity index (χ3v) is 3.68. The molecule has 1 amide bonds. The quantitative estimate of drug-likeness (QED) is 0.908. The number of carboxylic acids is 1. The molecule has 2 aromatic rings. The second-order valence-electron chi connectivity index (χ2n) is 4.11. The number of thiophene rings is 1. The average molecular weight is 291 g/mol. The van der Waals surface area contributed by atoms with Gasteiger partial charge in [-0.15, -0.1) is 11.3 Å². The molecule has 104 valence electrons. The molecule has 20 heavy (non-hydrogen) atoms. The van der Waals surface area contributed by atoms with Crippen LogP contribution in [0.3, 0.4) is 0 Å². The standard InChI is InChI=1S/C14H13NO4S/c1-8-3-4-9(7-11(8)19-2)13(16)15-10-5-6-20-12(10)14(17)18/h3-7H,1-2H3,(H,15,16)(H,17,18). The molecule has 0 bridgehead atoms. The van der Waals surface area contributed by atoms with Crippen molar-refractivity contribution in [3.63, 3.8) is 0 Å². The Morgan fingerprint density at radius 2 is 2.05 bits per heavy atom. The van der Waals surface area contributed by atoms with Crippen molar-refractivity contribution >= 4 is 28.9 Å². The summed E-state index contributed by atoms with van der Waals surface area (Å²) >= 11 is 1.07. The number of amides is 1. The summed E-state index contributed by atoms with van der Waals surface area (Å²) in [7, 11) is 1.53. The van der Waals surface area contributed by atoms with E-state index in [1.165, 1.54) is 7.11 Å².